The van der Waals surface area contributed by atoms with Crippen molar-refractivity contribution in [2.45, 2.75) is 57.0 Å². The molecule has 0 bridgehead atoms. The molecule has 2 fully saturated rings. The standard InChI is InChI=1S/C10H12ClNO.C5H3BrClN.C5H8O/c11-9-4-3-8(7-12-9)10(13)5-1-2-6-10;6-4-1-2-5(7)8-3-4;6-5-3-1-2-4-5/h3-4,7,13H,1-2,5-6H2;1-3H;1-4H2. The fraction of sp³-hybridized carbons (Fsp3) is 0.450. The minimum atomic E-state index is -0.641. The Kier molecular flexibility index (Phi) is 9.16. The van der Waals surface area contributed by atoms with Crippen LogP contribution in [-0.4, -0.2) is 20.9 Å². The van der Waals surface area contributed by atoms with Crippen LogP contribution < -0.4 is 0 Å². The molecule has 2 aliphatic carbocycles. The average molecular weight is 474 g/mol. The molecule has 2 saturated carbocycles. The van der Waals surface area contributed by atoms with Gasteiger partial charge in [-0.05, 0) is 59.8 Å². The minimum Gasteiger partial charge on any atom is -0.385 e. The molecule has 0 aromatic carbocycles. The van der Waals surface area contributed by atoms with Gasteiger partial charge in [-0.3, -0.25) is 4.79 Å². The van der Waals surface area contributed by atoms with Crippen LogP contribution >= 0.6 is 39.1 Å². The first kappa shape index (κ1) is 22.3. The largest absolute Gasteiger partial charge is 0.385 e. The normalized spacial score (nSPS) is 17.6. The smallest absolute Gasteiger partial charge is 0.132 e. The maximum atomic E-state index is 10.2. The Hall–Kier alpha value is -1.01. The van der Waals surface area contributed by atoms with Gasteiger partial charge in [-0.15, -0.1) is 0 Å². The molecule has 0 spiro atoms. The Bertz CT molecular complexity index is 689. The molecule has 1 N–H and O–H groups in total. The second kappa shape index (κ2) is 11.1. The van der Waals surface area contributed by atoms with Crippen LogP contribution in [0, 0.1) is 0 Å². The number of carbonyl (C=O) groups excluding carboxylic acids is 1. The van der Waals surface area contributed by atoms with E-state index >= 15 is 0 Å². The number of hydrogen-bond acceptors (Lipinski definition) is 4. The Morgan fingerprint density at radius 2 is 1.44 bits per heavy atom. The van der Waals surface area contributed by atoms with Gasteiger partial charge in [-0.2, -0.15) is 0 Å². The molecule has 2 aromatic rings. The molecule has 4 nitrogen and oxygen atoms in total. The summed E-state index contributed by atoms with van der Waals surface area (Å²) in [5, 5.41) is 11.2. The lowest BCUT2D eigenvalue weighted by Gasteiger charge is -2.21. The molecule has 146 valence electrons. The second-order valence-corrected chi connectivity index (χ2v) is 8.34. The first-order chi connectivity index (χ1) is 12.9. The number of aliphatic hydroxyl groups is 1. The van der Waals surface area contributed by atoms with Crippen LogP contribution in [0.5, 0.6) is 0 Å². The quantitative estimate of drug-likeness (QED) is 0.506. The summed E-state index contributed by atoms with van der Waals surface area (Å²) in [4.78, 5) is 18.0. The predicted molar refractivity (Wildman–Crippen MR) is 112 cm³/mol. The number of hydrogen-bond donors (Lipinski definition) is 1. The van der Waals surface area contributed by atoms with Gasteiger partial charge in [-0.1, -0.05) is 42.1 Å². The van der Waals surface area contributed by atoms with E-state index in [0.29, 0.717) is 16.1 Å². The lowest BCUT2D eigenvalue weighted by Crippen LogP contribution is -2.20. The molecule has 2 aromatic heterocycles. The molecule has 0 saturated heterocycles. The Labute approximate surface area is 178 Å². The van der Waals surface area contributed by atoms with Gasteiger partial charge in [0.25, 0.3) is 0 Å². The van der Waals surface area contributed by atoms with Crippen molar-refractivity contribution in [1.29, 1.82) is 0 Å². The summed E-state index contributed by atoms with van der Waals surface area (Å²) in [5.74, 6) is 0.454. The van der Waals surface area contributed by atoms with E-state index in [1.807, 2.05) is 12.1 Å². The number of rotatable bonds is 1. The summed E-state index contributed by atoms with van der Waals surface area (Å²) in [6, 6.07) is 7.16. The molecule has 2 aliphatic rings. The van der Waals surface area contributed by atoms with Crippen molar-refractivity contribution in [3.8, 4) is 0 Å². The van der Waals surface area contributed by atoms with Gasteiger partial charge in [0.1, 0.15) is 16.1 Å². The number of Topliss-reactive ketones (excluding diaryl/α,β-unsaturated/α-hetero) is 1. The van der Waals surface area contributed by atoms with Crippen molar-refractivity contribution in [3.05, 3.63) is 57.0 Å². The molecule has 0 amide bonds. The van der Waals surface area contributed by atoms with Crippen molar-refractivity contribution < 1.29 is 9.90 Å². The third-order valence-electron chi connectivity index (χ3n) is 4.55. The summed E-state index contributed by atoms with van der Waals surface area (Å²) in [5.41, 5.74) is 0.256. The average Bonchev–Trinajstić information content (AvgIpc) is 3.31. The number of carbonyl (C=O) groups is 1. The highest BCUT2D eigenvalue weighted by atomic mass is 79.9. The molecule has 0 atom stereocenters. The van der Waals surface area contributed by atoms with E-state index < -0.39 is 5.60 Å². The first-order valence-electron chi connectivity index (χ1n) is 9.02. The van der Waals surface area contributed by atoms with E-state index in [0.717, 1.165) is 61.4 Å². The number of nitrogens with zero attached hydrogens (tertiary/aromatic N) is 2. The van der Waals surface area contributed by atoms with Crippen LogP contribution in [0.25, 0.3) is 0 Å². The summed E-state index contributed by atoms with van der Waals surface area (Å²) >= 11 is 14.4. The monoisotopic (exact) mass is 472 g/mol. The van der Waals surface area contributed by atoms with Crippen LogP contribution in [-0.2, 0) is 10.4 Å². The van der Waals surface area contributed by atoms with E-state index in [1.165, 1.54) is 0 Å². The van der Waals surface area contributed by atoms with Gasteiger partial charge in [0.15, 0.2) is 0 Å². The summed E-state index contributed by atoms with van der Waals surface area (Å²) in [6.45, 7) is 0. The van der Waals surface area contributed by atoms with E-state index in [9.17, 15) is 9.90 Å². The highest BCUT2D eigenvalue weighted by Crippen LogP contribution is 2.38. The minimum absolute atomic E-state index is 0.454. The highest BCUT2D eigenvalue weighted by molar-refractivity contribution is 9.10. The number of aromatic nitrogens is 2. The van der Waals surface area contributed by atoms with Crippen LogP contribution in [0.3, 0.4) is 0 Å². The summed E-state index contributed by atoms with van der Waals surface area (Å²) < 4.78 is 0.946. The highest BCUT2D eigenvalue weighted by Gasteiger charge is 2.32. The van der Waals surface area contributed by atoms with Crippen LogP contribution in [0.15, 0.2) is 41.1 Å². The fourth-order valence-corrected chi connectivity index (χ4v) is 3.48. The van der Waals surface area contributed by atoms with Gasteiger partial charge in [-0.25, -0.2) is 9.97 Å². The zero-order valence-electron chi connectivity index (χ0n) is 15.0. The van der Waals surface area contributed by atoms with Crippen LogP contribution in [0.2, 0.25) is 10.3 Å². The molecule has 4 rings (SSSR count). The van der Waals surface area contributed by atoms with Crippen molar-refractivity contribution in [2.24, 2.45) is 0 Å². The predicted octanol–water partition coefficient (Wildman–Crippen LogP) is 6.12. The third kappa shape index (κ3) is 7.86. The second-order valence-electron chi connectivity index (χ2n) is 6.65. The zero-order valence-corrected chi connectivity index (χ0v) is 18.1. The summed E-state index contributed by atoms with van der Waals surface area (Å²) in [6.07, 6.45) is 11.2. The molecule has 27 heavy (non-hydrogen) atoms. The van der Waals surface area contributed by atoms with E-state index in [4.69, 9.17) is 23.2 Å². The van der Waals surface area contributed by atoms with Crippen molar-refractivity contribution in [2.75, 3.05) is 0 Å². The molecular formula is C20H23BrCl2N2O2. The zero-order chi connectivity index (χ0) is 19.7. The Balaban J connectivity index is 0.000000159. The number of ketones is 1. The number of halogens is 3. The van der Waals surface area contributed by atoms with Crippen molar-refractivity contribution in [1.82, 2.24) is 9.97 Å². The molecule has 2 heterocycles. The maximum Gasteiger partial charge on any atom is 0.132 e. The Morgan fingerprint density at radius 3 is 1.81 bits per heavy atom. The maximum absolute atomic E-state index is 10.2. The SMILES string of the molecule is Clc1ccc(Br)cn1.O=C1CCCC1.OC1(c2ccc(Cl)nc2)CCCC1. The molecular weight excluding hydrogens is 451 g/mol. The lowest BCUT2D eigenvalue weighted by atomic mass is 9.94. The van der Waals surface area contributed by atoms with Gasteiger partial charge in [0.05, 0.1) is 5.60 Å². The third-order valence-corrected chi connectivity index (χ3v) is 5.46. The van der Waals surface area contributed by atoms with Crippen LogP contribution in [0.1, 0.15) is 56.9 Å². The Morgan fingerprint density at radius 1 is 0.889 bits per heavy atom. The lowest BCUT2D eigenvalue weighted by molar-refractivity contribution is -0.117. The van der Waals surface area contributed by atoms with Gasteiger partial charge in [0, 0.05) is 35.3 Å². The van der Waals surface area contributed by atoms with Gasteiger partial charge >= 0.3 is 0 Å². The molecule has 0 unspecified atom stereocenters. The van der Waals surface area contributed by atoms with Gasteiger partial charge in [0.2, 0.25) is 0 Å². The van der Waals surface area contributed by atoms with E-state index in [1.54, 1.807) is 24.5 Å². The molecule has 0 aliphatic heterocycles. The van der Waals surface area contributed by atoms with Crippen molar-refractivity contribution in [3.63, 3.8) is 0 Å². The van der Waals surface area contributed by atoms with Crippen molar-refractivity contribution >= 4 is 44.9 Å². The molecule has 7 heteroatoms. The van der Waals surface area contributed by atoms with Crippen LogP contribution in [0.4, 0.5) is 0 Å². The number of pyridine rings is 2. The summed E-state index contributed by atoms with van der Waals surface area (Å²) in [7, 11) is 0. The fourth-order valence-electron chi connectivity index (χ4n) is 3.03. The first-order valence-corrected chi connectivity index (χ1v) is 10.6. The topological polar surface area (TPSA) is 63.1 Å². The molecule has 0 radical (unpaired) electrons. The van der Waals surface area contributed by atoms with E-state index in [-0.39, 0.29) is 0 Å². The van der Waals surface area contributed by atoms with E-state index in [2.05, 4.69) is 25.9 Å². The van der Waals surface area contributed by atoms with Gasteiger partial charge < -0.3 is 5.11 Å².